The highest BCUT2D eigenvalue weighted by molar-refractivity contribution is 7.92. The number of methoxy groups -OCH3 is 1. The van der Waals surface area contributed by atoms with Gasteiger partial charge in [0.1, 0.15) is 5.75 Å². The van der Waals surface area contributed by atoms with Crippen LogP contribution in [0.2, 0.25) is 0 Å². The third-order valence-electron chi connectivity index (χ3n) is 6.45. The third-order valence-corrected chi connectivity index (χ3v) is 8.24. The number of ether oxygens (including phenoxy) is 1. The molecule has 0 saturated carbocycles. The Morgan fingerprint density at radius 1 is 0.895 bits per heavy atom. The minimum atomic E-state index is -3.79. The van der Waals surface area contributed by atoms with Gasteiger partial charge in [0, 0.05) is 5.56 Å². The van der Waals surface area contributed by atoms with Crippen molar-refractivity contribution in [3.63, 3.8) is 0 Å². The zero-order valence-electron chi connectivity index (χ0n) is 21.8. The number of carbonyl (C=O) groups is 1. The van der Waals surface area contributed by atoms with Crippen LogP contribution in [0.25, 0.3) is 0 Å². The molecule has 0 unspecified atom stereocenters. The van der Waals surface area contributed by atoms with E-state index in [0.29, 0.717) is 11.3 Å². The Morgan fingerprint density at radius 3 is 2.11 bits per heavy atom. The van der Waals surface area contributed by atoms with Gasteiger partial charge >= 0.3 is 0 Å². The van der Waals surface area contributed by atoms with Crippen LogP contribution in [0, 0.1) is 6.92 Å². The van der Waals surface area contributed by atoms with E-state index in [2.05, 4.69) is 5.32 Å². The number of anilines is 1. The number of nitrogens with zero attached hydrogens (tertiary/aromatic N) is 1. The zero-order valence-corrected chi connectivity index (χ0v) is 22.6. The maximum Gasteiger partial charge on any atom is 0.264 e. The second-order valence-electron chi connectivity index (χ2n) is 9.02. The first-order chi connectivity index (χ1) is 18.3. The molecular formula is C31H32N2O4S. The van der Waals surface area contributed by atoms with Crippen molar-refractivity contribution in [2.75, 3.05) is 11.4 Å². The van der Waals surface area contributed by atoms with E-state index in [1.54, 1.807) is 73.8 Å². The van der Waals surface area contributed by atoms with Gasteiger partial charge in [-0.15, -0.1) is 0 Å². The molecular weight excluding hydrogens is 496 g/mol. The number of rotatable bonds is 10. The summed E-state index contributed by atoms with van der Waals surface area (Å²) < 4.78 is 33.8. The van der Waals surface area contributed by atoms with Gasteiger partial charge in [0.15, 0.2) is 0 Å². The molecule has 0 radical (unpaired) electrons. The van der Waals surface area contributed by atoms with Crippen molar-refractivity contribution in [1.82, 2.24) is 5.32 Å². The minimum absolute atomic E-state index is 0.131. The van der Waals surface area contributed by atoms with Crippen LogP contribution in [-0.2, 0) is 16.6 Å². The van der Waals surface area contributed by atoms with Crippen LogP contribution in [0.1, 0.15) is 46.4 Å². The molecule has 0 spiro atoms. The molecule has 196 valence electrons. The fourth-order valence-corrected chi connectivity index (χ4v) is 5.81. The van der Waals surface area contributed by atoms with Gasteiger partial charge in [-0.05, 0) is 72.5 Å². The largest absolute Gasteiger partial charge is 0.496 e. The van der Waals surface area contributed by atoms with Gasteiger partial charge < -0.3 is 10.1 Å². The maximum absolute atomic E-state index is 13.5. The van der Waals surface area contributed by atoms with Gasteiger partial charge in [-0.25, -0.2) is 8.42 Å². The summed E-state index contributed by atoms with van der Waals surface area (Å²) >= 11 is 0. The highest BCUT2D eigenvalue weighted by Crippen LogP contribution is 2.27. The number of sulfonamides is 1. The Labute approximate surface area is 225 Å². The van der Waals surface area contributed by atoms with Crippen molar-refractivity contribution >= 4 is 21.6 Å². The number of aryl methyl sites for hydroxylation is 1. The Hall–Kier alpha value is -4.10. The van der Waals surface area contributed by atoms with Gasteiger partial charge in [0.2, 0.25) is 0 Å². The average molecular weight is 529 g/mol. The number of para-hydroxylation sites is 1. The Bertz CT molecular complexity index is 1470. The van der Waals surface area contributed by atoms with Crippen molar-refractivity contribution in [2.24, 2.45) is 0 Å². The van der Waals surface area contributed by atoms with Crippen molar-refractivity contribution in [1.29, 1.82) is 0 Å². The molecule has 1 atom stereocenters. The number of hydrogen-bond donors (Lipinski definition) is 1. The maximum atomic E-state index is 13.5. The van der Waals surface area contributed by atoms with Crippen LogP contribution in [0.4, 0.5) is 5.69 Å². The van der Waals surface area contributed by atoms with Crippen LogP contribution in [0.15, 0.2) is 108 Å². The van der Waals surface area contributed by atoms with Gasteiger partial charge in [0.25, 0.3) is 15.9 Å². The predicted octanol–water partition coefficient (Wildman–Crippen LogP) is 6.28. The summed E-state index contributed by atoms with van der Waals surface area (Å²) in [5.74, 6) is 0.623. The van der Waals surface area contributed by atoms with E-state index in [0.717, 1.165) is 28.9 Å². The minimum Gasteiger partial charge on any atom is -0.496 e. The third kappa shape index (κ3) is 6.06. The molecule has 4 aromatic carbocycles. The van der Waals surface area contributed by atoms with Crippen LogP contribution < -0.4 is 14.4 Å². The molecule has 0 aliphatic rings. The van der Waals surface area contributed by atoms with E-state index in [-0.39, 0.29) is 23.4 Å². The number of nitrogens with one attached hydrogen (secondary N) is 1. The molecule has 0 fully saturated rings. The van der Waals surface area contributed by atoms with Crippen molar-refractivity contribution in [2.45, 2.75) is 37.8 Å². The van der Waals surface area contributed by atoms with Gasteiger partial charge in [-0.2, -0.15) is 0 Å². The second-order valence-corrected chi connectivity index (χ2v) is 10.9. The number of amides is 1. The second kappa shape index (κ2) is 12.0. The van der Waals surface area contributed by atoms with Gasteiger partial charge in [0.05, 0.1) is 30.3 Å². The number of hydrogen-bond acceptors (Lipinski definition) is 4. The quantitative estimate of drug-likeness (QED) is 0.263. The van der Waals surface area contributed by atoms with E-state index < -0.39 is 10.0 Å². The van der Waals surface area contributed by atoms with Gasteiger partial charge in [-0.1, -0.05) is 67.6 Å². The van der Waals surface area contributed by atoms with E-state index in [4.69, 9.17) is 4.74 Å². The molecule has 0 saturated heterocycles. The average Bonchev–Trinajstić information content (AvgIpc) is 2.95. The molecule has 4 aromatic rings. The molecule has 7 heteroatoms. The standard InChI is InChI=1S/C31H32N2O4S/c1-4-29(26-19-20-30(37-3)23(2)21-26)32-31(34)25-17-15-24(16-18-25)22-33(27-11-7-5-8-12-27)38(35,36)28-13-9-6-10-14-28/h5-21,29H,4,22H2,1-3H3,(H,32,34)/t29-/m0/s1. The lowest BCUT2D eigenvalue weighted by atomic mass is 10.0. The summed E-state index contributed by atoms with van der Waals surface area (Å²) in [6.45, 7) is 4.14. The monoisotopic (exact) mass is 528 g/mol. The summed E-state index contributed by atoms with van der Waals surface area (Å²) in [5, 5.41) is 3.11. The Kier molecular flexibility index (Phi) is 8.48. The first-order valence-electron chi connectivity index (χ1n) is 12.5. The van der Waals surface area contributed by atoms with Crippen LogP contribution in [0.3, 0.4) is 0 Å². The van der Waals surface area contributed by atoms with Crippen LogP contribution in [0.5, 0.6) is 5.75 Å². The highest BCUT2D eigenvalue weighted by atomic mass is 32.2. The molecule has 0 bridgehead atoms. The van der Waals surface area contributed by atoms with Crippen LogP contribution in [-0.4, -0.2) is 21.4 Å². The topological polar surface area (TPSA) is 75.7 Å². The van der Waals surface area contributed by atoms with Crippen LogP contribution >= 0.6 is 0 Å². The van der Waals surface area contributed by atoms with Crippen molar-refractivity contribution in [3.8, 4) is 5.75 Å². The summed E-state index contributed by atoms with van der Waals surface area (Å²) in [6.07, 6.45) is 0.735. The lowest BCUT2D eigenvalue weighted by molar-refractivity contribution is 0.0935. The van der Waals surface area contributed by atoms with E-state index in [1.165, 1.54) is 4.31 Å². The molecule has 38 heavy (non-hydrogen) atoms. The highest BCUT2D eigenvalue weighted by Gasteiger charge is 2.25. The molecule has 0 heterocycles. The summed E-state index contributed by atoms with van der Waals surface area (Å²) in [6, 6.07) is 30.2. The molecule has 0 aliphatic heterocycles. The normalized spacial score (nSPS) is 12.0. The van der Waals surface area contributed by atoms with Gasteiger partial charge in [-0.3, -0.25) is 9.10 Å². The SMILES string of the molecule is CC[C@H](NC(=O)c1ccc(CN(c2ccccc2)S(=O)(=O)c2ccccc2)cc1)c1ccc(OC)c(C)c1. The fourth-order valence-electron chi connectivity index (χ4n) is 4.34. The predicted molar refractivity (Wildman–Crippen MR) is 151 cm³/mol. The lowest BCUT2D eigenvalue weighted by Gasteiger charge is -2.25. The van der Waals surface area contributed by atoms with Crippen molar-refractivity contribution < 1.29 is 17.9 Å². The summed E-state index contributed by atoms with van der Waals surface area (Å²) in [4.78, 5) is 13.3. The molecule has 6 nitrogen and oxygen atoms in total. The summed E-state index contributed by atoms with van der Waals surface area (Å²) in [7, 11) is -2.15. The van der Waals surface area contributed by atoms with E-state index in [9.17, 15) is 13.2 Å². The molecule has 4 rings (SSSR count). The molecule has 0 aromatic heterocycles. The van der Waals surface area contributed by atoms with Crippen molar-refractivity contribution in [3.05, 3.63) is 125 Å². The first kappa shape index (κ1) is 26.9. The first-order valence-corrected chi connectivity index (χ1v) is 13.9. The number of carbonyl (C=O) groups excluding carboxylic acids is 1. The van der Waals surface area contributed by atoms with E-state index >= 15 is 0 Å². The molecule has 1 amide bonds. The Balaban J connectivity index is 1.53. The number of benzene rings is 4. The van der Waals surface area contributed by atoms with E-state index in [1.807, 2.05) is 50.2 Å². The Morgan fingerprint density at radius 2 is 1.53 bits per heavy atom. The molecule has 0 aliphatic carbocycles. The smallest absolute Gasteiger partial charge is 0.264 e. The zero-order chi connectivity index (χ0) is 27.1. The lowest BCUT2D eigenvalue weighted by Crippen LogP contribution is -2.30. The molecule has 1 N–H and O–H groups in total. The fraction of sp³-hybridized carbons (Fsp3) is 0.194. The summed E-state index contributed by atoms with van der Waals surface area (Å²) in [5.41, 5.74) is 3.87.